The van der Waals surface area contributed by atoms with Crippen molar-refractivity contribution in [3.8, 4) is 17.1 Å². The van der Waals surface area contributed by atoms with E-state index in [0.29, 0.717) is 6.54 Å². The maximum atomic E-state index is 13.1. The molecule has 1 aromatic heterocycles. The molecular formula is C21H28N4O2. The Labute approximate surface area is 160 Å². The smallest absolute Gasteiger partial charge is 0.240 e. The lowest BCUT2D eigenvalue weighted by Gasteiger charge is -2.33. The SMILES string of the molecule is CCC(C(=O)N1CCc2nc(-c3ccc(OC)cc3)[nH]c2C1)N1CCCC1. The van der Waals surface area contributed by atoms with Crippen LogP contribution in [0.25, 0.3) is 11.4 Å². The number of H-pyrrole nitrogens is 1. The van der Waals surface area contributed by atoms with Gasteiger partial charge in [-0.1, -0.05) is 6.92 Å². The van der Waals surface area contributed by atoms with Crippen molar-refractivity contribution in [1.82, 2.24) is 19.8 Å². The van der Waals surface area contributed by atoms with Gasteiger partial charge >= 0.3 is 0 Å². The summed E-state index contributed by atoms with van der Waals surface area (Å²) in [6, 6.07) is 7.92. The van der Waals surface area contributed by atoms with E-state index in [-0.39, 0.29) is 11.9 Å². The van der Waals surface area contributed by atoms with Crippen LogP contribution in [0.4, 0.5) is 0 Å². The second-order valence-electron chi connectivity index (χ2n) is 7.42. The van der Waals surface area contributed by atoms with E-state index in [9.17, 15) is 4.79 Å². The van der Waals surface area contributed by atoms with E-state index in [0.717, 1.165) is 61.0 Å². The third kappa shape index (κ3) is 3.58. The number of likely N-dealkylation sites (tertiary alicyclic amines) is 1. The quantitative estimate of drug-likeness (QED) is 0.882. The van der Waals surface area contributed by atoms with E-state index in [2.05, 4.69) is 16.8 Å². The molecule has 2 aliphatic rings. The molecule has 4 rings (SSSR count). The van der Waals surface area contributed by atoms with Crippen molar-refractivity contribution in [3.63, 3.8) is 0 Å². The molecule has 1 amide bonds. The van der Waals surface area contributed by atoms with E-state index in [1.165, 1.54) is 12.8 Å². The van der Waals surface area contributed by atoms with Crippen molar-refractivity contribution >= 4 is 5.91 Å². The Morgan fingerprint density at radius 1 is 1.22 bits per heavy atom. The number of imidazole rings is 1. The van der Waals surface area contributed by atoms with Gasteiger partial charge in [0.2, 0.25) is 5.91 Å². The van der Waals surface area contributed by atoms with Crippen LogP contribution in [0.5, 0.6) is 5.75 Å². The molecule has 1 unspecified atom stereocenters. The number of rotatable bonds is 5. The number of hydrogen-bond acceptors (Lipinski definition) is 4. The number of methoxy groups -OCH3 is 1. The van der Waals surface area contributed by atoms with E-state index in [4.69, 9.17) is 9.72 Å². The maximum Gasteiger partial charge on any atom is 0.240 e. The van der Waals surface area contributed by atoms with Gasteiger partial charge in [-0.05, 0) is 56.6 Å². The fourth-order valence-electron chi connectivity index (χ4n) is 4.22. The molecular weight excluding hydrogens is 340 g/mol. The van der Waals surface area contributed by atoms with Gasteiger partial charge in [0, 0.05) is 18.5 Å². The number of aromatic nitrogens is 2. The van der Waals surface area contributed by atoms with Crippen LogP contribution >= 0.6 is 0 Å². The Kier molecular flexibility index (Phi) is 5.16. The number of fused-ring (bicyclic) bond motifs is 1. The van der Waals surface area contributed by atoms with Gasteiger partial charge in [-0.3, -0.25) is 9.69 Å². The number of ether oxygens (including phenoxy) is 1. The van der Waals surface area contributed by atoms with E-state index in [1.807, 2.05) is 29.2 Å². The largest absolute Gasteiger partial charge is 0.497 e. The van der Waals surface area contributed by atoms with Gasteiger partial charge in [0.1, 0.15) is 11.6 Å². The van der Waals surface area contributed by atoms with Crippen LogP contribution in [-0.2, 0) is 17.8 Å². The molecule has 1 fully saturated rings. The first-order valence-electron chi connectivity index (χ1n) is 9.94. The molecule has 1 N–H and O–H groups in total. The van der Waals surface area contributed by atoms with Crippen LogP contribution < -0.4 is 4.74 Å². The molecule has 1 saturated heterocycles. The van der Waals surface area contributed by atoms with Gasteiger partial charge in [-0.25, -0.2) is 4.98 Å². The van der Waals surface area contributed by atoms with Crippen molar-refractivity contribution in [2.75, 3.05) is 26.7 Å². The molecule has 1 atom stereocenters. The monoisotopic (exact) mass is 368 g/mol. The predicted octanol–water partition coefficient (Wildman–Crippen LogP) is 2.84. The van der Waals surface area contributed by atoms with Crippen LogP contribution in [0.15, 0.2) is 24.3 Å². The van der Waals surface area contributed by atoms with Crippen LogP contribution in [0.1, 0.15) is 37.6 Å². The summed E-state index contributed by atoms with van der Waals surface area (Å²) in [6.45, 7) is 5.60. The third-order valence-electron chi connectivity index (χ3n) is 5.76. The molecule has 6 nitrogen and oxygen atoms in total. The molecule has 3 heterocycles. The molecule has 1 aromatic carbocycles. The fourth-order valence-corrected chi connectivity index (χ4v) is 4.22. The number of aromatic amines is 1. The average Bonchev–Trinajstić information content (AvgIpc) is 3.38. The summed E-state index contributed by atoms with van der Waals surface area (Å²) in [7, 11) is 1.66. The average molecular weight is 368 g/mol. The zero-order valence-electron chi connectivity index (χ0n) is 16.2. The molecule has 6 heteroatoms. The Morgan fingerprint density at radius 3 is 2.63 bits per heavy atom. The number of amides is 1. The first-order chi connectivity index (χ1) is 13.2. The molecule has 2 aliphatic heterocycles. The van der Waals surface area contributed by atoms with E-state index in [1.54, 1.807) is 7.11 Å². The molecule has 144 valence electrons. The first-order valence-corrected chi connectivity index (χ1v) is 9.94. The number of nitrogens with one attached hydrogen (secondary N) is 1. The minimum atomic E-state index is 0.0260. The van der Waals surface area contributed by atoms with E-state index >= 15 is 0 Å². The molecule has 0 saturated carbocycles. The van der Waals surface area contributed by atoms with Gasteiger partial charge in [0.15, 0.2) is 0 Å². The summed E-state index contributed by atoms with van der Waals surface area (Å²) >= 11 is 0. The number of hydrogen-bond donors (Lipinski definition) is 1. The predicted molar refractivity (Wildman–Crippen MR) is 105 cm³/mol. The van der Waals surface area contributed by atoms with Gasteiger partial charge in [-0.15, -0.1) is 0 Å². The summed E-state index contributed by atoms with van der Waals surface area (Å²) in [5, 5.41) is 0. The lowest BCUT2D eigenvalue weighted by molar-refractivity contribution is -0.137. The number of carbonyl (C=O) groups is 1. The van der Waals surface area contributed by atoms with Crippen molar-refractivity contribution < 1.29 is 9.53 Å². The summed E-state index contributed by atoms with van der Waals surface area (Å²) in [5.74, 6) is 1.97. The Bertz CT molecular complexity index is 793. The van der Waals surface area contributed by atoms with Crippen LogP contribution in [0, 0.1) is 0 Å². The Balaban J connectivity index is 1.49. The normalized spacial score (nSPS) is 18.4. The number of benzene rings is 1. The highest BCUT2D eigenvalue weighted by molar-refractivity contribution is 5.82. The highest BCUT2D eigenvalue weighted by Crippen LogP contribution is 2.26. The van der Waals surface area contributed by atoms with Crippen LogP contribution in [-0.4, -0.2) is 58.5 Å². The minimum absolute atomic E-state index is 0.0260. The van der Waals surface area contributed by atoms with Crippen LogP contribution in [0.2, 0.25) is 0 Å². The van der Waals surface area contributed by atoms with Gasteiger partial charge in [0.25, 0.3) is 0 Å². The fraction of sp³-hybridized carbons (Fsp3) is 0.524. The molecule has 0 bridgehead atoms. The minimum Gasteiger partial charge on any atom is -0.497 e. The zero-order valence-corrected chi connectivity index (χ0v) is 16.2. The summed E-state index contributed by atoms with van der Waals surface area (Å²) < 4.78 is 5.22. The van der Waals surface area contributed by atoms with Crippen molar-refractivity contribution in [2.45, 2.75) is 45.2 Å². The maximum absolute atomic E-state index is 13.1. The summed E-state index contributed by atoms with van der Waals surface area (Å²) in [6.07, 6.45) is 4.10. The second kappa shape index (κ2) is 7.72. The number of carbonyl (C=O) groups excluding carboxylic acids is 1. The number of nitrogens with zero attached hydrogens (tertiary/aromatic N) is 3. The second-order valence-corrected chi connectivity index (χ2v) is 7.42. The van der Waals surface area contributed by atoms with Gasteiger partial charge in [-0.2, -0.15) is 0 Å². The molecule has 0 aliphatic carbocycles. The van der Waals surface area contributed by atoms with Crippen molar-refractivity contribution in [3.05, 3.63) is 35.7 Å². The van der Waals surface area contributed by atoms with Crippen LogP contribution in [0.3, 0.4) is 0 Å². The standard InChI is InChI=1S/C21H28N4O2/c1-3-19(24-11-4-5-12-24)21(26)25-13-10-17-18(14-25)23-20(22-17)15-6-8-16(27-2)9-7-15/h6-9,19H,3-5,10-14H2,1-2H3,(H,22,23). The molecule has 0 spiro atoms. The molecule has 0 radical (unpaired) electrons. The van der Waals surface area contributed by atoms with Gasteiger partial charge in [0.05, 0.1) is 31.1 Å². The lowest BCUT2D eigenvalue weighted by atomic mass is 10.1. The highest BCUT2D eigenvalue weighted by Gasteiger charge is 2.32. The first kappa shape index (κ1) is 18.0. The Hall–Kier alpha value is -2.34. The molecule has 27 heavy (non-hydrogen) atoms. The summed E-state index contributed by atoms with van der Waals surface area (Å²) in [5.41, 5.74) is 3.18. The lowest BCUT2D eigenvalue weighted by Crippen LogP contribution is -2.48. The van der Waals surface area contributed by atoms with Crippen molar-refractivity contribution in [2.24, 2.45) is 0 Å². The zero-order chi connectivity index (χ0) is 18.8. The molecule has 2 aromatic rings. The highest BCUT2D eigenvalue weighted by atomic mass is 16.5. The Morgan fingerprint density at radius 2 is 1.96 bits per heavy atom. The summed E-state index contributed by atoms with van der Waals surface area (Å²) in [4.78, 5) is 25.7. The topological polar surface area (TPSA) is 61.5 Å². The van der Waals surface area contributed by atoms with Crippen molar-refractivity contribution in [1.29, 1.82) is 0 Å². The third-order valence-corrected chi connectivity index (χ3v) is 5.76. The van der Waals surface area contributed by atoms with Gasteiger partial charge < -0.3 is 14.6 Å². The van der Waals surface area contributed by atoms with E-state index < -0.39 is 0 Å².